The van der Waals surface area contributed by atoms with Gasteiger partial charge in [-0.05, 0) is 51.9 Å². The van der Waals surface area contributed by atoms with Crippen molar-refractivity contribution in [1.29, 1.82) is 0 Å². The van der Waals surface area contributed by atoms with E-state index in [1.807, 2.05) is 0 Å². The summed E-state index contributed by atoms with van der Waals surface area (Å²) in [5, 5.41) is 25.3. The highest BCUT2D eigenvalue weighted by Crippen LogP contribution is 2.49. The number of hydrogen-bond donors (Lipinski definition) is 0. The predicted octanol–water partition coefficient (Wildman–Crippen LogP) is 7.86. The van der Waals surface area contributed by atoms with E-state index in [-0.39, 0.29) is 64.6 Å². The summed E-state index contributed by atoms with van der Waals surface area (Å²) < 4.78 is 60.2. The lowest BCUT2D eigenvalue weighted by molar-refractivity contribution is -0.386. The minimum atomic E-state index is -4.40. The molecule has 0 saturated carbocycles. The minimum absolute atomic E-state index is 0.0294. The van der Waals surface area contributed by atoms with Gasteiger partial charge in [0.05, 0.1) is 30.8 Å². The molecule has 7 rings (SSSR count). The second kappa shape index (κ2) is 15.4. The highest BCUT2D eigenvalue weighted by molar-refractivity contribution is 7.89. The number of hydrogen-bond acceptors (Lipinski definition) is 8. The van der Waals surface area contributed by atoms with E-state index in [1.54, 1.807) is 121 Å². The lowest BCUT2D eigenvalue weighted by Gasteiger charge is -2.23. The van der Waals surface area contributed by atoms with E-state index in [9.17, 15) is 37.1 Å². The zero-order valence-electron chi connectivity index (χ0n) is 29.3. The SMILES string of the molecule is O=[N+]([O-])c1cc(S(=O)(=O)N(Cc2ccccc2)Cc2ccccc2)cc2c1-c1c(cc(S(=O)(=O)N(Cc3ccccc3)Cc3ccccc3)cc1[N+](=O)[O-])C2. The molecule has 278 valence electrons. The van der Waals surface area contributed by atoms with E-state index < -0.39 is 41.3 Å². The number of sulfonamides is 2. The number of nitro groups is 2. The van der Waals surface area contributed by atoms with E-state index >= 15 is 0 Å². The van der Waals surface area contributed by atoms with Gasteiger partial charge in [-0.25, -0.2) is 16.8 Å². The second-order valence-corrected chi connectivity index (χ2v) is 17.0. The Morgan fingerprint density at radius 3 is 0.982 bits per heavy atom. The molecule has 0 amide bonds. The highest BCUT2D eigenvalue weighted by atomic mass is 32.2. The molecule has 0 N–H and O–H groups in total. The first-order valence-corrected chi connectivity index (χ1v) is 20.1. The fourth-order valence-corrected chi connectivity index (χ4v) is 9.84. The summed E-state index contributed by atoms with van der Waals surface area (Å²) in [6, 6.07) is 40.2. The smallest absolute Gasteiger partial charge is 0.258 e. The van der Waals surface area contributed by atoms with Crippen LogP contribution in [0.5, 0.6) is 0 Å². The predicted molar refractivity (Wildman–Crippen MR) is 207 cm³/mol. The molecule has 0 radical (unpaired) electrons. The molecular weight excluding hydrogens is 741 g/mol. The van der Waals surface area contributed by atoms with Crippen LogP contribution in [0.2, 0.25) is 0 Å². The van der Waals surface area contributed by atoms with Gasteiger partial charge < -0.3 is 0 Å². The van der Waals surface area contributed by atoms with Crippen LogP contribution in [-0.2, 0) is 52.6 Å². The van der Waals surface area contributed by atoms with Gasteiger partial charge in [-0.1, -0.05) is 121 Å². The lowest BCUT2D eigenvalue weighted by Crippen LogP contribution is -2.30. The molecule has 0 aliphatic heterocycles. The van der Waals surface area contributed by atoms with E-state index in [2.05, 4.69) is 0 Å². The maximum atomic E-state index is 14.4. The third-order valence-corrected chi connectivity index (χ3v) is 13.0. The summed E-state index contributed by atoms with van der Waals surface area (Å²) in [6.45, 7) is -0.118. The van der Waals surface area contributed by atoms with Crippen LogP contribution in [0.1, 0.15) is 33.4 Å². The first-order chi connectivity index (χ1) is 26.4. The zero-order valence-corrected chi connectivity index (χ0v) is 30.9. The number of nitrogens with zero attached hydrogens (tertiary/aromatic N) is 4. The van der Waals surface area contributed by atoms with Gasteiger partial charge in [0, 0.05) is 38.3 Å². The van der Waals surface area contributed by atoms with Crippen molar-refractivity contribution in [3.63, 3.8) is 0 Å². The van der Waals surface area contributed by atoms with Crippen LogP contribution in [0.15, 0.2) is 155 Å². The molecule has 0 saturated heterocycles. The Kier molecular flexibility index (Phi) is 10.4. The molecule has 1 aliphatic rings. The molecule has 1 aliphatic carbocycles. The fourth-order valence-electron chi connectivity index (χ4n) is 6.86. The van der Waals surface area contributed by atoms with Gasteiger partial charge in [-0.2, -0.15) is 8.61 Å². The van der Waals surface area contributed by atoms with E-state index in [4.69, 9.17) is 0 Å². The third kappa shape index (κ3) is 7.79. The molecule has 12 nitrogen and oxygen atoms in total. The molecule has 0 spiro atoms. The number of nitro benzene ring substituents is 2. The van der Waals surface area contributed by atoms with Gasteiger partial charge in [0.2, 0.25) is 20.0 Å². The molecule has 0 fully saturated rings. The van der Waals surface area contributed by atoms with Gasteiger partial charge in [0.25, 0.3) is 11.4 Å². The Labute approximate surface area is 318 Å². The van der Waals surface area contributed by atoms with E-state index in [1.165, 1.54) is 20.7 Å². The maximum absolute atomic E-state index is 14.4. The number of benzene rings is 6. The van der Waals surface area contributed by atoms with Crippen LogP contribution in [0.4, 0.5) is 11.4 Å². The summed E-state index contributed by atoms with van der Waals surface area (Å²) in [5.41, 5.74) is 1.60. The van der Waals surface area contributed by atoms with Gasteiger partial charge in [0.1, 0.15) is 0 Å². The molecule has 6 aromatic rings. The minimum Gasteiger partial charge on any atom is -0.258 e. The van der Waals surface area contributed by atoms with Crippen LogP contribution in [0.25, 0.3) is 11.1 Å². The van der Waals surface area contributed by atoms with E-state index in [0.29, 0.717) is 22.3 Å². The first-order valence-electron chi connectivity index (χ1n) is 17.2. The molecule has 0 bridgehead atoms. The van der Waals surface area contributed by atoms with Crippen molar-refractivity contribution in [1.82, 2.24) is 8.61 Å². The Bertz CT molecular complexity index is 2340. The number of fused-ring (bicyclic) bond motifs is 3. The van der Waals surface area contributed by atoms with Crippen molar-refractivity contribution < 1.29 is 26.7 Å². The summed E-state index contributed by atoms with van der Waals surface area (Å²) in [7, 11) is -8.80. The fraction of sp³-hybridized carbons (Fsp3) is 0.122. The Morgan fingerprint density at radius 1 is 0.455 bits per heavy atom. The molecular formula is C41H34N4O8S2. The third-order valence-electron chi connectivity index (χ3n) is 9.45. The van der Waals surface area contributed by atoms with Crippen molar-refractivity contribution in [3.05, 3.63) is 199 Å². The summed E-state index contributed by atoms with van der Waals surface area (Å²) in [4.78, 5) is 23.1. The van der Waals surface area contributed by atoms with Gasteiger partial charge in [-0.3, -0.25) is 20.2 Å². The standard InChI is InChI=1S/C41H34N4O8S2/c46-44(47)38-24-36(54(50,51)42(26-30-13-5-1-6-14-30)27-31-15-7-2-8-16-31)22-34-21-35-23-37(25-39(45(48)49)41(35)40(34)38)55(52,53)43(28-32-17-9-3-10-18-32)29-33-19-11-4-12-20-33/h1-20,22-25H,21,26-29H2. The van der Waals surface area contributed by atoms with Crippen LogP contribution in [0.3, 0.4) is 0 Å². The van der Waals surface area contributed by atoms with Crippen LogP contribution >= 0.6 is 0 Å². The van der Waals surface area contributed by atoms with Crippen molar-refractivity contribution in [3.8, 4) is 11.1 Å². The van der Waals surface area contributed by atoms with Crippen LogP contribution in [-0.4, -0.2) is 35.3 Å². The zero-order chi connectivity index (χ0) is 38.7. The van der Waals surface area contributed by atoms with Crippen molar-refractivity contribution in [2.24, 2.45) is 0 Å². The highest BCUT2D eigenvalue weighted by Gasteiger charge is 2.39. The monoisotopic (exact) mass is 774 g/mol. The summed E-state index contributed by atoms with van der Waals surface area (Å²) in [6.07, 6.45) is -0.173. The Balaban J connectivity index is 1.32. The van der Waals surface area contributed by atoms with Crippen LogP contribution in [0, 0.1) is 20.2 Å². The Hall–Kier alpha value is -6.06. The van der Waals surface area contributed by atoms with Crippen LogP contribution < -0.4 is 0 Å². The lowest BCUT2D eigenvalue weighted by atomic mass is 10.0. The molecule has 6 aromatic carbocycles. The first kappa shape index (κ1) is 37.3. The normalized spacial score (nSPS) is 12.4. The largest absolute Gasteiger partial charge is 0.279 e. The van der Waals surface area contributed by atoms with Gasteiger partial charge in [-0.15, -0.1) is 0 Å². The second-order valence-electron chi connectivity index (χ2n) is 13.1. The molecule has 0 unspecified atom stereocenters. The summed E-state index contributed by atoms with van der Waals surface area (Å²) in [5.74, 6) is 0. The average molecular weight is 775 g/mol. The summed E-state index contributed by atoms with van der Waals surface area (Å²) >= 11 is 0. The topological polar surface area (TPSA) is 161 Å². The molecule has 55 heavy (non-hydrogen) atoms. The molecule has 14 heteroatoms. The van der Waals surface area contributed by atoms with Gasteiger partial charge in [0.15, 0.2) is 0 Å². The van der Waals surface area contributed by atoms with Crippen molar-refractivity contribution in [2.45, 2.75) is 42.4 Å². The maximum Gasteiger partial charge on any atom is 0.279 e. The van der Waals surface area contributed by atoms with Gasteiger partial charge >= 0.3 is 0 Å². The quantitative estimate of drug-likeness (QED) is 0.0797. The van der Waals surface area contributed by atoms with E-state index in [0.717, 1.165) is 12.1 Å². The van der Waals surface area contributed by atoms with Crippen molar-refractivity contribution in [2.75, 3.05) is 0 Å². The Morgan fingerprint density at radius 2 is 0.727 bits per heavy atom. The molecule has 0 atom stereocenters. The number of rotatable bonds is 14. The molecule has 0 aromatic heterocycles. The average Bonchev–Trinajstić information content (AvgIpc) is 3.57. The molecule has 0 heterocycles. The van der Waals surface area contributed by atoms with Crippen molar-refractivity contribution >= 4 is 31.4 Å².